The molecule has 0 radical (unpaired) electrons. The van der Waals surface area contributed by atoms with Gasteiger partial charge in [-0.2, -0.15) is 5.10 Å². The van der Waals surface area contributed by atoms with Crippen LogP contribution in [0.4, 0.5) is 5.82 Å². The van der Waals surface area contributed by atoms with Gasteiger partial charge < -0.3 is 5.32 Å². The molecule has 4 rings (SSSR count). The van der Waals surface area contributed by atoms with Crippen molar-refractivity contribution in [3.05, 3.63) is 85.1 Å². The molecule has 31 heavy (non-hydrogen) atoms. The molecule has 2 aromatic carbocycles. The summed E-state index contributed by atoms with van der Waals surface area (Å²) in [4.78, 5) is 12.7. The molecule has 0 aliphatic carbocycles. The van der Waals surface area contributed by atoms with Gasteiger partial charge in [0.1, 0.15) is 5.82 Å². The number of amides is 1. The normalized spacial score (nSPS) is 10.7. The van der Waals surface area contributed by atoms with E-state index >= 15 is 0 Å². The predicted molar refractivity (Wildman–Crippen MR) is 123 cm³/mol. The average Bonchev–Trinajstić information content (AvgIpc) is 3.36. The molecule has 2 aromatic heterocycles. The fourth-order valence-corrected chi connectivity index (χ4v) is 3.90. The largest absolute Gasteiger partial charge is 0.310 e. The number of hydrogen-bond donors (Lipinski definition) is 1. The predicted octanol–water partition coefficient (Wildman–Crippen LogP) is 4.36. The molecule has 0 atom stereocenters. The number of para-hydroxylation sites is 1. The molecular formula is C23H22N6OS. The number of carbonyl (C=O) groups is 1. The number of rotatable bonds is 8. The first kappa shape index (κ1) is 20.6. The van der Waals surface area contributed by atoms with Gasteiger partial charge in [-0.25, -0.2) is 4.68 Å². The molecule has 0 spiro atoms. The topological polar surface area (TPSA) is 77.6 Å². The Hall–Kier alpha value is -3.65. The lowest BCUT2D eigenvalue weighted by Gasteiger charge is -2.09. The summed E-state index contributed by atoms with van der Waals surface area (Å²) in [6.45, 7) is 6.28. The van der Waals surface area contributed by atoms with E-state index in [0.717, 1.165) is 22.8 Å². The van der Waals surface area contributed by atoms with Gasteiger partial charge in [0, 0.05) is 18.2 Å². The van der Waals surface area contributed by atoms with E-state index < -0.39 is 0 Å². The van der Waals surface area contributed by atoms with Crippen molar-refractivity contribution >= 4 is 23.5 Å². The number of nitrogens with zero attached hydrogens (tertiary/aromatic N) is 5. The lowest BCUT2D eigenvalue weighted by atomic mass is 10.2. The second-order valence-corrected chi connectivity index (χ2v) is 7.77. The van der Waals surface area contributed by atoms with E-state index in [1.54, 1.807) is 10.8 Å². The van der Waals surface area contributed by atoms with Crippen LogP contribution in [0.2, 0.25) is 0 Å². The third-order valence-corrected chi connectivity index (χ3v) is 5.46. The second kappa shape index (κ2) is 9.44. The highest BCUT2D eigenvalue weighted by atomic mass is 32.2. The van der Waals surface area contributed by atoms with Crippen LogP contribution in [0.1, 0.15) is 5.69 Å². The Labute approximate surface area is 184 Å². The standard InChI is InChI=1S/C23H22N6OS/c1-3-14-28-22(18-10-6-4-7-11-18)25-26-23(28)31-16-21(30)24-20-15-17(2)27-29(20)19-12-8-5-9-13-19/h3-13,15H,1,14,16H2,2H3,(H,24,30). The fraction of sp³-hybridized carbons (Fsp3) is 0.130. The summed E-state index contributed by atoms with van der Waals surface area (Å²) in [7, 11) is 0. The van der Waals surface area contributed by atoms with Crippen molar-refractivity contribution in [1.29, 1.82) is 0 Å². The SMILES string of the molecule is C=CCn1c(SCC(=O)Nc2cc(C)nn2-c2ccccc2)nnc1-c1ccccc1. The zero-order valence-electron chi connectivity index (χ0n) is 17.1. The van der Waals surface area contributed by atoms with Crippen molar-refractivity contribution in [2.45, 2.75) is 18.6 Å². The Morgan fingerprint density at radius 2 is 1.81 bits per heavy atom. The molecule has 1 N–H and O–H groups in total. The number of allylic oxidation sites excluding steroid dienone is 1. The van der Waals surface area contributed by atoms with E-state index in [2.05, 4.69) is 27.2 Å². The van der Waals surface area contributed by atoms with Crippen molar-refractivity contribution in [3.63, 3.8) is 0 Å². The van der Waals surface area contributed by atoms with Gasteiger partial charge >= 0.3 is 0 Å². The van der Waals surface area contributed by atoms with Crippen molar-refractivity contribution < 1.29 is 4.79 Å². The lowest BCUT2D eigenvalue weighted by Crippen LogP contribution is -2.17. The van der Waals surface area contributed by atoms with Gasteiger partial charge in [0.25, 0.3) is 0 Å². The number of carbonyl (C=O) groups excluding carboxylic acids is 1. The Balaban J connectivity index is 1.48. The van der Waals surface area contributed by atoms with Crippen molar-refractivity contribution in [2.75, 3.05) is 11.1 Å². The van der Waals surface area contributed by atoms with Crippen LogP contribution in [0.15, 0.2) is 84.5 Å². The smallest absolute Gasteiger partial charge is 0.236 e. The van der Waals surface area contributed by atoms with E-state index in [4.69, 9.17) is 0 Å². The van der Waals surface area contributed by atoms with Crippen LogP contribution >= 0.6 is 11.8 Å². The van der Waals surface area contributed by atoms with E-state index in [1.165, 1.54) is 11.8 Å². The van der Waals surface area contributed by atoms with Crippen molar-refractivity contribution in [3.8, 4) is 17.1 Å². The Morgan fingerprint density at radius 3 is 2.52 bits per heavy atom. The molecule has 8 heteroatoms. The number of nitrogens with one attached hydrogen (secondary N) is 1. The summed E-state index contributed by atoms with van der Waals surface area (Å²) in [5.41, 5.74) is 2.68. The average molecular weight is 431 g/mol. The molecule has 0 aliphatic rings. The first-order valence-electron chi connectivity index (χ1n) is 9.80. The van der Waals surface area contributed by atoms with Crippen LogP contribution < -0.4 is 5.32 Å². The summed E-state index contributed by atoms with van der Waals surface area (Å²) in [5, 5.41) is 16.7. The number of anilines is 1. The van der Waals surface area contributed by atoms with Gasteiger partial charge in [0.05, 0.1) is 17.1 Å². The maximum atomic E-state index is 12.7. The summed E-state index contributed by atoms with van der Waals surface area (Å²) in [6, 6.07) is 21.4. The monoisotopic (exact) mass is 430 g/mol. The quantitative estimate of drug-likeness (QED) is 0.332. The van der Waals surface area contributed by atoms with E-state index in [9.17, 15) is 4.79 Å². The maximum absolute atomic E-state index is 12.7. The van der Waals surface area contributed by atoms with E-state index in [1.807, 2.05) is 78.2 Å². The first-order valence-corrected chi connectivity index (χ1v) is 10.8. The third-order valence-electron chi connectivity index (χ3n) is 4.49. The van der Waals surface area contributed by atoms with Gasteiger partial charge in [-0.3, -0.25) is 9.36 Å². The molecule has 0 aliphatic heterocycles. The minimum absolute atomic E-state index is 0.142. The fourth-order valence-electron chi connectivity index (χ4n) is 3.15. The molecule has 2 heterocycles. The highest BCUT2D eigenvalue weighted by Crippen LogP contribution is 2.24. The van der Waals surface area contributed by atoms with Gasteiger partial charge in [-0.05, 0) is 19.1 Å². The Morgan fingerprint density at radius 1 is 1.10 bits per heavy atom. The maximum Gasteiger partial charge on any atom is 0.236 e. The third kappa shape index (κ3) is 4.75. The van der Waals surface area contributed by atoms with Gasteiger partial charge in [-0.1, -0.05) is 66.4 Å². The Bertz CT molecular complexity index is 1180. The van der Waals surface area contributed by atoms with Gasteiger partial charge in [0.2, 0.25) is 5.91 Å². The van der Waals surface area contributed by atoms with Crippen LogP contribution in [0.5, 0.6) is 0 Å². The molecule has 7 nitrogen and oxygen atoms in total. The molecule has 0 saturated carbocycles. The zero-order valence-corrected chi connectivity index (χ0v) is 17.9. The minimum atomic E-state index is -0.142. The van der Waals surface area contributed by atoms with Crippen LogP contribution in [0, 0.1) is 6.92 Å². The van der Waals surface area contributed by atoms with E-state index in [-0.39, 0.29) is 11.7 Å². The minimum Gasteiger partial charge on any atom is -0.310 e. The molecule has 4 aromatic rings. The summed E-state index contributed by atoms with van der Waals surface area (Å²) < 4.78 is 3.68. The van der Waals surface area contributed by atoms with Crippen LogP contribution in [0.3, 0.4) is 0 Å². The van der Waals surface area contributed by atoms with Gasteiger partial charge in [-0.15, -0.1) is 16.8 Å². The molecule has 0 unspecified atom stereocenters. The summed E-state index contributed by atoms with van der Waals surface area (Å²) >= 11 is 1.34. The molecule has 0 bridgehead atoms. The van der Waals surface area contributed by atoms with Gasteiger partial charge in [0.15, 0.2) is 11.0 Å². The van der Waals surface area contributed by atoms with Crippen LogP contribution in [-0.4, -0.2) is 36.2 Å². The number of thioether (sulfide) groups is 1. The lowest BCUT2D eigenvalue weighted by molar-refractivity contribution is -0.113. The Kier molecular flexibility index (Phi) is 6.28. The molecule has 156 valence electrons. The number of aryl methyl sites for hydroxylation is 1. The molecule has 0 saturated heterocycles. The molecule has 1 amide bonds. The molecule has 0 fully saturated rings. The van der Waals surface area contributed by atoms with Crippen molar-refractivity contribution in [1.82, 2.24) is 24.5 Å². The van der Waals surface area contributed by atoms with Crippen LogP contribution in [0.25, 0.3) is 17.1 Å². The number of aromatic nitrogens is 5. The van der Waals surface area contributed by atoms with Crippen LogP contribution in [-0.2, 0) is 11.3 Å². The van der Waals surface area contributed by atoms with E-state index in [0.29, 0.717) is 17.5 Å². The van der Waals surface area contributed by atoms with Crippen molar-refractivity contribution in [2.24, 2.45) is 0 Å². The summed E-state index contributed by atoms with van der Waals surface area (Å²) in [5.74, 6) is 1.44. The first-order chi connectivity index (χ1) is 15.2. The summed E-state index contributed by atoms with van der Waals surface area (Å²) in [6.07, 6.45) is 1.79. The number of hydrogen-bond acceptors (Lipinski definition) is 5. The highest BCUT2D eigenvalue weighted by molar-refractivity contribution is 7.99. The highest BCUT2D eigenvalue weighted by Gasteiger charge is 2.16. The zero-order chi connectivity index (χ0) is 21.6. The number of benzene rings is 2. The molecular weight excluding hydrogens is 408 g/mol. The second-order valence-electron chi connectivity index (χ2n) is 6.83.